The maximum Gasteiger partial charge on any atom is 0.326 e. The van der Waals surface area contributed by atoms with Crippen molar-refractivity contribution in [1.82, 2.24) is 5.32 Å². The number of nitrogens with two attached hydrogens (primary N) is 1. The number of aliphatic carboxylic acids is 1. The first-order valence-electron chi connectivity index (χ1n) is 17.0. The molecule has 2 atom stereocenters. The van der Waals surface area contributed by atoms with Gasteiger partial charge in [0.25, 0.3) is 0 Å². The molecule has 0 aromatic carbocycles. The Morgan fingerprint density at radius 2 is 1.20 bits per heavy atom. The zero-order valence-corrected chi connectivity index (χ0v) is 26.6. The minimum Gasteiger partial charge on any atom is -0.480 e. The highest BCUT2D eigenvalue weighted by Crippen LogP contribution is 2.17. The van der Waals surface area contributed by atoms with Crippen LogP contribution < -0.4 is 11.1 Å². The van der Waals surface area contributed by atoms with Crippen molar-refractivity contribution < 1.29 is 24.2 Å². The minimum absolute atomic E-state index is 0.0467. The molecular weight excluding hydrogens is 516 g/mol. The predicted octanol–water partition coefficient (Wildman–Crippen LogP) is 8.38. The standard InChI is InChI=1S/C34H64N2O5/c1-3-5-7-9-10-11-12-13-14-15-16-17-22-28-33(38)41-30(24-19-8-6-4-2)25-20-18-21-27-32(37)36-31(34(39)40)26-23-29-35/h11-12,30-31H,3-10,13-29,35H2,1-2H3,(H,36,37)(H,39,40)/b12-11-. The molecule has 0 fully saturated rings. The number of ether oxygens (including phenoxy) is 1. The van der Waals surface area contributed by atoms with Gasteiger partial charge in [-0.3, -0.25) is 9.59 Å². The van der Waals surface area contributed by atoms with Crippen LogP contribution in [-0.4, -0.2) is 41.6 Å². The van der Waals surface area contributed by atoms with E-state index in [0.29, 0.717) is 38.6 Å². The first-order valence-corrected chi connectivity index (χ1v) is 17.0. The summed E-state index contributed by atoms with van der Waals surface area (Å²) in [6.07, 6.45) is 28.4. The molecule has 4 N–H and O–H groups in total. The van der Waals surface area contributed by atoms with E-state index in [0.717, 1.165) is 57.8 Å². The highest BCUT2D eigenvalue weighted by atomic mass is 16.5. The van der Waals surface area contributed by atoms with Crippen molar-refractivity contribution in [2.24, 2.45) is 5.73 Å². The third kappa shape index (κ3) is 26.7. The Kier molecular flexibility index (Phi) is 28.2. The van der Waals surface area contributed by atoms with Gasteiger partial charge in [-0.15, -0.1) is 0 Å². The van der Waals surface area contributed by atoms with Crippen LogP contribution in [0.2, 0.25) is 0 Å². The van der Waals surface area contributed by atoms with E-state index in [1.807, 2.05) is 0 Å². The summed E-state index contributed by atoms with van der Waals surface area (Å²) in [6, 6.07) is -0.870. The molecule has 0 rings (SSSR count). The fourth-order valence-corrected chi connectivity index (χ4v) is 4.97. The van der Waals surface area contributed by atoms with Gasteiger partial charge in [-0.1, -0.05) is 90.2 Å². The lowest BCUT2D eigenvalue weighted by Crippen LogP contribution is -2.40. The summed E-state index contributed by atoms with van der Waals surface area (Å²) in [5.41, 5.74) is 5.45. The Bertz CT molecular complexity index is 668. The van der Waals surface area contributed by atoms with Crippen molar-refractivity contribution in [2.45, 2.75) is 180 Å². The lowest BCUT2D eigenvalue weighted by Gasteiger charge is -2.18. The number of unbranched alkanes of at least 4 members (excludes halogenated alkanes) is 14. The van der Waals surface area contributed by atoms with Crippen molar-refractivity contribution in [1.29, 1.82) is 0 Å². The van der Waals surface area contributed by atoms with Gasteiger partial charge in [-0.25, -0.2) is 4.79 Å². The fraction of sp³-hybridized carbons (Fsp3) is 0.853. The highest BCUT2D eigenvalue weighted by molar-refractivity contribution is 5.83. The van der Waals surface area contributed by atoms with Crippen LogP contribution in [0.4, 0.5) is 0 Å². The van der Waals surface area contributed by atoms with Crippen LogP contribution >= 0.6 is 0 Å². The van der Waals surface area contributed by atoms with Gasteiger partial charge in [0, 0.05) is 12.8 Å². The molecule has 7 heteroatoms. The summed E-state index contributed by atoms with van der Waals surface area (Å²) in [4.78, 5) is 36.0. The molecule has 0 saturated heterocycles. The van der Waals surface area contributed by atoms with Gasteiger partial charge in [-0.05, 0) is 83.6 Å². The summed E-state index contributed by atoms with van der Waals surface area (Å²) in [5, 5.41) is 11.9. The number of carboxylic acids is 1. The van der Waals surface area contributed by atoms with Crippen LogP contribution in [0.15, 0.2) is 12.2 Å². The van der Waals surface area contributed by atoms with Crippen LogP contribution in [0, 0.1) is 0 Å². The number of nitrogens with one attached hydrogen (secondary N) is 1. The monoisotopic (exact) mass is 580 g/mol. The number of rotatable bonds is 30. The Balaban J connectivity index is 4.13. The average molecular weight is 581 g/mol. The van der Waals surface area contributed by atoms with Gasteiger partial charge >= 0.3 is 11.9 Å². The summed E-state index contributed by atoms with van der Waals surface area (Å²) in [5.74, 6) is -1.32. The first kappa shape index (κ1) is 39.1. The van der Waals surface area contributed by atoms with Gasteiger partial charge in [0.1, 0.15) is 12.1 Å². The number of allylic oxidation sites excluding steroid dienone is 2. The van der Waals surface area contributed by atoms with Crippen molar-refractivity contribution in [3.8, 4) is 0 Å². The normalized spacial score (nSPS) is 12.9. The fourth-order valence-electron chi connectivity index (χ4n) is 4.97. The smallest absolute Gasteiger partial charge is 0.326 e. The Hall–Kier alpha value is -1.89. The molecule has 0 aliphatic rings. The van der Waals surface area contributed by atoms with E-state index in [4.69, 9.17) is 10.5 Å². The van der Waals surface area contributed by atoms with Crippen LogP contribution in [0.3, 0.4) is 0 Å². The predicted molar refractivity (Wildman–Crippen MR) is 170 cm³/mol. The number of hydrogen-bond acceptors (Lipinski definition) is 5. The Morgan fingerprint density at radius 3 is 1.78 bits per heavy atom. The molecule has 7 nitrogen and oxygen atoms in total. The first-order chi connectivity index (χ1) is 19.9. The molecule has 2 unspecified atom stereocenters. The molecule has 0 bridgehead atoms. The quantitative estimate of drug-likeness (QED) is 0.0446. The van der Waals surface area contributed by atoms with Crippen LogP contribution in [0.25, 0.3) is 0 Å². The molecule has 0 aromatic heterocycles. The molecule has 0 radical (unpaired) electrons. The molecule has 0 heterocycles. The number of carbonyl (C=O) groups is 3. The molecule has 0 aromatic rings. The second kappa shape index (κ2) is 29.6. The van der Waals surface area contributed by atoms with Gasteiger partial charge in [0.15, 0.2) is 0 Å². The minimum atomic E-state index is -1.02. The van der Waals surface area contributed by atoms with E-state index in [1.54, 1.807) is 0 Å². The molecule has 0 aliphatic carbocycles. The molecule has 0 saturated carbocycles. The zero-order valence-electron chi connectivity index (χ0n) is 26.6. The number of hydrogen-bond donors (Lipinski definition) is 3. The maximum atomic E-state index is 12.5. The largest absolute Gasteiger partial charge is 0.480 e. The van der Waals surface area contributed by atoms with Crippen LogP contribution in [0.1, 0.15) is 168 Å². The zero-order chi connectivity index (χ0) is 30.4. The maximum absolute atomic E-state index is 12.5. The van der Waals surface area contributed by atoms with Crippen molar-refractivity contribution >= 4 is 17.8 Å². The number of esters is 1. The highest BCUT2D eigenvalue weighted by Gasteiger charge is 2.19. The molecule has 41 heavy (non-hydrogen) atoms. The van der Waals surface area contributed by atoms with Gasteiger partial charge in [0.2, 0.25) is 5.91 Å². The lowest BCUT2D eigenvalue weighted by molar-refractivity contribution is -0.150. The van der Waals surface area contributed by atoms with Crippen LogP contribution in [-0.2, 0) is 19.1 Å². The van der Waals surface area contributed by atoms with E-state index in [-0.39, 0.29) is 18.0 Å². The number of carboxylic acid groups (broad SMARTS) is 1. The molecule has 0 aliphatic heterocycles. The lowest BCUT2D eigenvalue weighted by atomic mass is 10.0. The topological polar surface area (TPSA) is 119 Å². The second-order valence-corrected chi connectivity index (χ2v) is 11.6. The van der Waals surface area contributed by atoms with E-state index in [1.165, 1.54) is 64.2 Å². The van der Waals surface area contributed by atoms with E-state index < -0.39 is 12.0 Å². The Morgan fingerprint density at radius 1 is 0.683 bits per heavy atom. The van der Waals surface area contributed by atoms with Crippen molar-refractivity contribution in [3.63, 3.8) is 0 Å². The van der Waals surface area contributed by atoms with E-state index >= 15 is 0 Å². The third-order valence-corrected chi connectivity index (χ3v) is 7.58. The van der Waals surface area contributed by atoms with Crippen LogP contribution in [0.5, 0.6) is 0 Å². The second-order valence-electron chi connectivity index (χ2n) is 11.6. The summed E-state index contributed by atoms with van der Waals surface area (Å²) in [6.45, 7) is 4.84. The average Bonchev–Trinajstić information content (AvgIpc) is 2.95. The third-order valence-electron chi connectivity index (χ3n) is 7.58. The van der Waals surface area contributed by atoms with Crippen molar-refractivity contribution in [2.75, 3.05) is 6.54 Å². The van der Waals surface area contributed by atoms with Gasteiger partial charge < -0.3 is 20.9 Å². The summed E-state index contributed by atoms with van der Waals surface area (Å²) in [7, 11) is 0. The van der Waals surface area contributed by atoms with Gasteiger partial charge in [0.05, 0.1) is 0 Å². The van der Waals surface area contributed by atoms with E-state index in [2.05, 4.69) is 31.3 Å². The number of amides is 1. The Labute approximate surface area is 251 Å². The number of carbonyl (C=O) groups excluding carboxylic acids is 2. The van der Waals surface area contributed by atoms with Crippen molar-refractivity contribution in [3.05, 3.63) is 12.2 Å². The summed E-state index contributed by atoms with van der Waals surface area (Å²) < 4.78 is 5.88. The molecule has 240 valence electrons. The SMILES string of the molecule is CCCCCC/C=C\CCCCCCCC(=O)OC(CCCCCC)CCCCCC(=O)NC(CCCN)C(=O)O. The summed E-state index contributed by atoms with van der Waals surface area (Å²) >= 11 is 0. The molecule has 0 spiro atoms. The van der Waals surface area contributed by atoms with Gasteiger partial charge in [-0.2, -0.15) is 0 Å². The molecular formula is C34H64N2O5. The van der Waals surface area contributed by atoms with E-state index in [9.17, 15) is 19.5 Å². The molecule has 1 amide bonds.